The Morgan fingerprint density at radius 1 is 1.38 bits per heavy atom. The molecule has 0 aliphatic carbocycles. The second-order valence-corrected chi connectivity index (χ2v) is 4.00. The summed E-state index contributed by atoms with van der Waals surface area (Å²) in [6.07, 6.45) is 1.43. The number of aromatic nitrogens is 2. The number of rotatable bonds is 4. The molecule has 1 aromatic rings. The monoisotopic (exact) mass is 220 g/mol. The van der Waals surface area contributed by atoms with E-state index in [4.69, 9.17) is 5.26 Å². The summed E-state index contributed by atoms with van der Waals surface area (Å²) in [6.45, 7) is 8.16. The molecule has 16 heavy (non-hydrogen) atoms. The Hall–Kier alpha value is -1.90. The van der Waals surface area contributed by atoms with Crippen LogP contribution >= 0.6 is 0 Å². The first kappa shape index (κ1) is 12.2. The van der Waals surface area contributed by atoms with Crippen molar-refractivity contribution in [2.24, 2.45) is 10.3 Å². The van der Waals surface area contributed by atoms with E-state index in [-0.39, 0.29) is 12.1 Å². The molecule has 0 spiro atoms. The van der Waals surface area contributed by atoms with Crippen molar-refractivity contribution < 1.29 is 0 Å². The second kappa shape index (κ2) is 5.26. The highest BCUT2D eigenvalue weighted by Gasteiger charge is 2.11. The normalized spacial score (nSPS) is 11.3. The summed E-state index contributed by atoms with van der Waals surface area (Å²) in [7, 11) is 0. The molecule has 0 atom stereocenters. The minimum atomic E-state index is 0.261. The van der Waals surface area contributed by atoms with Gasteiger partial charge in [-0.2, -0.15) is 10.4 Å². The first-order chi connectivity index (χ1) is 7.56. The maximum absolute atomic E-state index is 8.77. The predicted octanol–water partition coefficient (Wildman–Crippen LogP) is 2.40. The van der Waals surface area contributed by atoms with Gasteiger partial charge in [-0.25, -0.2) is 0 Å². The second-order valence-electron chi connectivity index (χ2n) is 4.00. The van der Waals surface area contributed by atoms with Crippen molar-refractivity contribution in [2.75, 3.05) is 0 Å². The van der Waals surface area contributed by atoms with Crippen molar-refractivity contribution in [1.29, 1.82) is 5.26 Å². The molecule has 6 nitrogen and oxygen atoms in total. The molecule has 1 N–H and O–H groups in total. The van der Waals surface area contributed by atoms with Gasteiger partial charge in [0.15, 0.2) is 5.82 Å². The fraction of sp³-hybridized carbons (Fsp3) is 0.600. The molecule has 0 aliphatic rings. The number of H-pyrrole nitrogens is 1. The molecule has 0 bridgehead atoms. The van der Waals surface area contributed by atoms with Gasteiger partial charge in [0.1, 0.15) is 11.6 Å². The Morgan fingerprint density at radius 2 is 2.00 bits per heavy atom. The topological polar surface area (TPSA) is 80.4 Å². The largest absolute Gasteiger partial charge is 0.273 e. The van der Waals surface area contributed by atoms with E-state index >= 15 is 0 Å². The molecule has 0 aliphatic heterocycles. The molecule has 0 fully saturated rings. The first-order valence-corrected chi connectivity index (χ1v) is 5.19. The zero-order chi connectivity index (χ0) is 12.1. The van der Waals surface area contributed by atoms with Crippen LogP contribution in [-0.4, -0.2) is 27.3 Å². The molecular formula is C10H16N6. The van der Waals surface area contributed by atoms with E-state index in [9.17, 15) is 0 Å². The highest BCUT2D eigenvalue weighted by atomic mass is 15.6. The molecular weight excluding hydrogens is 204 g/mol. The smallest absolute Gasteiger partial charge is 0.190 e. The molecule has 0 unspecified atom stereocenters. The van der Waals surface area contributed by atoms with Crippen molar-refractivity contribution in [2.45, 2.75) is 39.8 Å². The van der Waals surface area contributed by atoms with E-state index in [0.717, 1.165) is 0 Å². The minimum absolute atomic E-state index is 0.261. The van der Waals surface area contributed by atoms with Crippen LogP contribution in [0, 0.1) is 11.3 Å². The summed E-state index contributed by atoms with van der Waals surface area (Å²) in [5.74, 6) is 0.397. The van der Waals surface area contributed by atoms with Gasteiger partial charge < -0.3 is 0 Å². The van der Waals surface area contributed by atoms with Gasteiger partial charge in [-0.3, -0.25) is 10.1 Å². The molecule has 0 amide bonds. The molecule has 1 aromatic heterocycles. The Morgan fingerprint density at radius 3 is 2.50 bits per heavy atom. The summed E-state index contributed by atoms with van der Waals surface area (Å²) in [6, 6.07) is 2.51. The average Bonchev–Trinajstić information content (AvgIpc) is 2.64. The zero-order valence-corrected chi connectivity index (χ0v) is 9.97. The highest BCUT2D eigenvalue weighted by molar-refractivity contribution is 5.44. The Bertz CT molecular complexity index is 390. The summed E-state index contributed by atoms with van der Waals surface area (Å²) in [5.41, 5.74) is 0.399. The summed E-state index contributed by atoms with van der Waals surface area (Å²) >= 11 is 0. The molecule has 6 heteroatoms. The molecule has 0 aromatic carbocycles. The fourth-order valence-electron chi connectivity index (χ4n) is 1.34. The number of aromatic amines is 1. The first-order valence-electron chi connectivity index (χ1n) is 5.19. The Balaban J connectivity index is 2.83. The molecule has 1 rings (SSSR count). The highest BCUT2D eigenvalue weighted by Crippen LogP contribution is 2.15. The van der Waals surface area contributed by atoms with Crippen molar-refractivity contribution in [1.82, 2.24) is 15.2 Å². The third kappa shape index (κ3) is 2.79. The van der Waals surface area contributed by atoms with Crippen LogP contribution < -0.4 is 0 Å². The average molecular weight is 220 g/mol. The standard InChI is InChI=1S/C10H16N6/c1-7(2)16(8(3)4)15-14-10-9(5-11)6-12-13-10/h6-8H,1-4H3,(H,12,13)/b15-14+. The maximum Gasteiger partial charge on any atom is 0.190 e. The summed E-state index contributed by atoms with van der Waals surface area (Å²) in [5, 5.41) is 25.1. The van der Waals surface area contributed by atoms with Crippen molar-refractivity contribution in [3.05, 3.63) is 11.8 Å². The summed E-state index contributed by atoms with van der Waals surface area (Å²) < 4.78 is 0. The lowest BCUT2D eigenvalue weighted by Crippen LogP contribution is -2.31. The Kier molecular flexibility index (Phi) is 4.00. The van der Waals surface area contributed by atoms with Gasteiger partial charge >= 0.3 is 0 Å². The quantitative estimate of drug-likeness (QED) is 0.625. The van der Waals surface area contributed by atoms with Gasteiger partial charge in [0.25, 0.3) is 0 Å². The van der Waals surface area contributed by atoms with Crippen LogP contribution in [0.1, 0.15) is 33.3 Å². The third-order valence-corrected chi connectivity index (χ3v) is 2.05. The van der Waals surface area contributed by atoms with Crippen LogP contribution in [0.25, 0.3) is 0 Å². The SMILES string of the molecule is CC(C)N(/N=N/c1[nH]ncc1C#N)C(C)C. The number of nitrogens with zero attached hydrogens (tertiary/aromatic N) is 5. The van der Waals surface area contributed by atoms with E-state index in [0.29, 0.717) is 11.4 Å². The lowest BCUT2D eigenvalue weighted by Gasteiger charge is -2.25. The minimum Gasteiger partial charge on any atom is -0.273 e. The third-order valence-electron chi connectivity index (χ3n) is 2.05. The van der Waals surface area contributed by atoms with Crippen molar-refractivity contribution >= 4 is 5.82 Å². The van der Waals surface area contributed by atoms with Gasteiger partial charge in [0.2, 0.25) is 0 Å². The van der Waals surface area contributed by atoms with Crippen molar-refractivity contribution in [3.63, 3.8) is 0 Å². The van der Waals surface area contributed by atoms with Crippen LogP contribution in [-0.2, 0) is 0 Å². The van der Waals surface area contributed by atoms with Crippen LogP contribution in [0.15, 0.2) is 16.5 Å². The van der Waals surface area contributed by atoms with Crippen LogP contribution in [0.3, 0.4) is 0 Å². The van der Waals surface area contributed by atoms with Gasteiger partial charge in [0, 0.05) is 12.1 Å². The van der Waals surface area contributed by atoms with Gasteiger partial charge in [-0.1, -0.05) is 5.22 Å². The van der Waals surface area contributed by atoms with Crippen LogP contribution in [0.5, 0.6) is 0 Å². The summed E-state index contributed by atoms with van der Waals surface area (Å²) in [4.78, 5) is 0. The fourth-order valence-corrected chi connectivity index (χ4v) is 1.34. The molecule has 0 radical (unpaired) electrons. The van der Waals surface area contributed by atoms with Crippen molar-refractivity contribution in [3.8, 4) is 6.07 Å². The van der Waals surface area contributed by atoms with Crippen LogP contribution in [0.4, 0.5) is 5.82 Å². The van der Waals surface area contributed by atoms with Gasteiger partial charge in [-0.15, -0.1) is 5.11 Å². The van der Waals surface area contributed by atoms with E-state index in [1.165, 1.54) is 6.20 Å². The van der Waals surface area contributed by atoms with E-state index in [1.54, 1.807) is 0 Å². The van der Waals surface area contributed by atoms with E-state index < -0.39 is 0 Å². The number of hydrogen-bond acceptors (Lipinski definition) is 4. The predicted molar refractivity (Wildman–Crippen MR) is 59.9 cm³/mol. The number of nitrogens with one attached hydrogen (secondary N) is 1. The lowest BCUT2D eigenvalue weighted by atomic mass is 10.3. The van der Waals surface area contributed by atoms with E-state index in [2.05, 4.69) is 20.5 Å². The molecule has 0 saturated carbocycles. The lowest BCUT2D eigenvalue weighted by molar-refractivity contribution is 0.169. The number of nitriles is 1. The maximum atomic E-state index is 8.77. The van der Waals surface area contributed by atoms with Gasteiger partial charge in [0.05, 0.1) is 6.20 Å². The molecule has 0 saturated heterocycles. The number of hydrogen-bond donors (Lipinski definition) is 1. The van der Waals surface area contributed by atoms with E-state index in [1.807, 2.05) is 38.8 Å². The molecule has 1 heterocycles. The van der Waals surface area contributed by atoms with Crippen LogP contribution in [0.2, 0.25) is 0 Å². The van der Waals surface area contributed by atoms with Gasteiger partial charge in [-0.05, 0) is 27.7 Å². The Labute approximate surface area is 95.0 Å². The zero-order valence-electron chi connectivity index (χ0n) is 9.97. The molecule has 86 valence electrons.